The number of nitrogens with one attached hydrogen (secondary N) is 1. The first-order valence-electron chi connectivity index (χ1n) is 4.37. The number of hydrogen-bond donors (Lipinski definition) is 1. The van der Waals surface area contributed by atoms with Gasteiger partial charge in [-0.15, -0.1) is 0 Å². The number of aromatic amines is 1. The van der Waals surface area contributed by atoms with Crippen LogP contribution in [0.3, 0.4) is 0 Å². The second-order valence-corrected chi connectivity index (χ2v) is 4.34. The van der Waals surface area contributed by atoms with Crippen molar-refractivity contribution in [1.82, 2.24) is 4.98 Å². The summed E-state index contributed by atoms with van der Waals surface area (Å²) in [5.41, 5.74) is 3.87. The zero-order chi connectivity index (χ0) is 10.3. The maximum absolute atomic E-state index is 10.9. The van der Waals surface area contributed by atoms with E-state index in [1.165, 1.54) is 0 Å². The van der Waals surface area contributed by atoms with Gasteiger partial charge in [0.2, 0.25) is 0 Å². The number of carbonyl (C=O) groups is 1. The van der Waals surface area contributed by atoms with Crippen LogP contribution in [0, 0.1) is 13.8 Å². The number of halogens is 1. The van der Waals surface area contributed by atoms with Crippen molar-refractivity contribution in [3.8, 4) is 0 Å². The molecule has 2 rings (SSSR count). The third kappa shape index (κ3) is 1.28. The molecule has 0 saturated carbocycles. The highest BCUT2D eigenvalue weighted by Gasteiger charge is 2.09. The maximum Gasteiger partial charge on any atom is 0.152 e. The zero-order valence-corrected chi connectivity index (χ0v) is 9.60. The van der Waals surface area contributed by atoms with Gasteiger partial charge in [-0.25, -0.2) is 0 Å². The normalized spacial score (nSPS) is 10.8. The molecule has 0 atom stereocenters. The van der Waals surface area contributed by atoms with Gasteiger partial charge in [-0.05, 0) is 31.5 Å². The lowest BCUT2D eigenvalue weighted by atomic mass is 10.1. The molecule has 0 aliphatic carbocycles. The Bertz CT molecular complexity index is 513. The Labute approximate surface area is 90.4 Å². The van der Waals surface area contributed by atoms with E-state index in [2.05, 4.69) is 20.9 Å². The average molecular weight is 252 g/mol. The van der Waals surface area contributed by atoms with Gasteiger partial charge >= 0.3 is 0 Å². The molecule has 2 nitrogen and oxygen atoms in total. The largest absolute Gasteiger partial charge is 0.358 e. The van der Waals surface area contributed by atoms with Gasteiger partial charge in [0.1, 0.15) is 0 Å². The third-order valence-corrected chi connectivity index (χ3v) is 2.88. The first kappa shape index (κ1) is 9.46. The van der Waals surface area contributed by atoms with E-state index in [1.54, 1.807) is 0 Å². The molecule has 0 unspecified atom stereocenters. The number of benzene rings is 1. The number of rotatable bonds is 1. The lowest BCUT2D eigenvalue weighted by Gasteiger charge is -1.97. The quantitative estimate of drug-likeness (QED) is 0.775. The zero-order valence-electron chi connectivity index (χ0n) is 8.02. The summed E-state index contributed by atoms with van der Waals surface area (Å²) < 4.78 is 1.00. The van der Waals surface area contributed by atoms with Crippen LogP contribution < -0.4 is 0 Å². The number of aldehydes is 1. The monoisotopic (exact) mass is 251 g/mol. The highest BCUT2D eigenvalue weighted by Crippen LogP contribution is 2.27. The predicted octanol–water partition coefficient (Wildman–Crippen LogP) is 3.36. The van der Waals surface area contributed by atoms with Crippen molar-refractivity contribution in [2.24, 2.45) is 0 Å². The van der Waals surface area contributed by atoms with Gasteiger partial charge in [-0.1, -0.05) is 15.9 Å². The Hall–Kier alpha value is -1.09. The van der Waals surface area contributed by atoms with E-state index in [9.17, 15) is 4.79 Å². The van der Waals surface area contributed by atoms with Crippen LogP contribution in [0.5, 0.6) is 0 Å². The summed E-state index contributed by atoms with van der Waals surface area (Å²) in [7, 11) is 0. The maximum atomic E-state index is 10.9. The van der Waals surface area contributed by atoms with E-state index < -0.39 is 0 Å². The summed E-state index contributed by atoms with van der Waals surface area (Å²) in [6.07, 6.45) is 0.903. The minimum absolute atomic E-state index is 0.754. The van der Waals surface area contributed by atoms with E-state index in [-0.39, 0.29) is 0 Å². The molecule has 1 N–H and O–H groups in total. The number of carbonyl (C=O) groups excluding carboxylic acids is 1. The Morgan fingerprint density at radius 2 is 2.07 bits per heavy atom. The van der Waals surface area contributed by atoms with Crippen molar-refractivity contribution in [3.63, 3.8) is 0 Å². The molecule has 1 aromatic heterocycles. The van der Waals surface area contributed by atoms with Crippen molar-refractivity contribution in [2.45, 2.75) is 13.8 Å². The van der Waals surface area contributed by atoms with Crippen LogP contribution in [0.15, 0.2) is 16.6 Å². The SMILES string of the molecule is Cc1[nH]c2c(C)cc(Br)cc2c1C=O. The summed E-state index contributed by atoms with van der Waals surface area (Å²) in [4.78, 5) is 14.1. The fourth-order valence-corrected chi connectivity index (χ4v) is 2.30. The van der Waals surface area contributed by atoms with Crippen molar-refractivity contribution >= 4 is 33.1 Å². The molecule has 0 amide bonds. The topological polar surface area (TPSA) is 32.9 Å². The second-order valence-electron chi connectivity index (χ2n) is 3.43. The number of fused-ring (bicyclic) bond motifs is 1. The van der Waals surface area contributed by atoms with E-state index in [0.29, 0.717) is 0 Å². The fraction of sp³-hybridized carbons (Fsp3) is 0.182. The van der Waals surface area contributed by atoms with E-state index >= 15 is 0 Å². The molecule has 1 heterocycles. The molecule has 1 aromatic carbocycles. The van der Waals surface area contributed by atoms with Crippen LogP contribution in [-0.4, -0.2) is 11.3 Å². The smallest absolute Gasteiger partial charge is 0.152 e. The summed E-state index contributed by atoms with van der Waals surface area (Å²) in [5.74, 6) is 0. The summed E-state index contributed by atoms with van der Waals surface area (Å²) in [6, 6.07) is 4.00. The fourth-order valence-electron chi connectivity index (χ4n) is 1.73. The van der Waals surface area contributed by atoms with Gasteiger partial charge in [0, 0.05) is 26.6 Å². The Kier molecular flexibility index (Phi) is 2.19. The van der Waals surface area contributed by atoms with Crippen LogP contribution in [0.4, 0.5) is 0 Å². The molecular weight excluding hydrogens is 242 g/mol. The molecule has 0 spiro atoms. The lowest BCUT2D eigenvalue weighted by molar-refractivity contribution is 0.112. The highest BCUT2D eigenvalue weighted by molar-refractivity contribution is 9.10. The van der Waals surface area contributed by atoms with Gasteiger partial charge in [0.25, 0.3) is 0 Å². The molecule has 14 heavy (non-hydrogen) atoms. The van der Waals surface area contributed by atoms with Crippen molar-refractivity contribution in [3.05, 3.63) is 33.4 Å². The number of aromatic nitrogens is 1. The van der Waals surface area contributed by atoms with Gasteiger partial charge in [0.05, 0.1) is 0 Å². The molecule has 0 aliphatic rings. The van der Waals surface area contributed by atoms with E-state index in [0.717, 1.165) is 38.5 Å². The summed E-state index contributed by atoms with van der Waals surface area (Å²) in [5, 5.41) is 0.990. The lowest BCUT2D eigenvalue weighted by Crippen LogP contribution is -1.80. The van der Waals surface area contributed by atoms with E-state index in [1.807, 2.05) is 26.0 Å². The van der Waals surface area contributed by atoms with Gasteiger partial charge in [0.15, 0.2) is 6.29 Å². The molecule has 2 aromatic rings. The Morgan fingerprint density at radius 3 is 2.71 bits per heavy atom. The van der Waals surface area contributed by atoms with Gasteiger partial charge in [-0.3, -0.25) is 4.79 Å². The predicted molar refractivity (Wildman–Crippen MR) is 60.9 cm³/mol. The van der Waals surface area contributed by atoms with Crippen LogP contribution in [0.25, 0.3) is 10.9 Å². The number of hydrogen-bond acceptors (Lipinski definition) is 1. The van der Waals surface area contributed by atoms with Crippen molar-refractivity contribution in [2.75, 3.05) is 0 Å². The van der Waals surface area contributed by atoms with Crippen LogP contribution in [0.1, 0.15) is 21.6 Å². The standard InChI is InChI=1S/C11H10BrNO/c1-6-3-8(12)4-9-10(5-14)7(2)13-11(6)9/h3-5,13H,1-2H3. The first-order valence-corrected chi connectivity index (χ1v) is 5.16. The first-order chi connectivity index (χ1) is 6.63. The Balaban J connectivity index is 2.94. The highest BCUT2D eigenvalue weighted by atomic mass is 79.9. The third-order valence-electron chi connectivity index (χ3n) is 2.42. The minimum atomic E-state index is 0.754. The molecule has 0 bridgehead atoms. The molecule has 72 valence electrons. The molecule has 0 aliphatic heterocycles. The summed E-state index contributed by atoms with van der Waals surface area (Å²) in [6.45, 7) is 3.94. The van der Waals surface area contributed by atoms with E-state index in [4.69, 9.17) is 0 Å². The van der Waals surface area contributed by atoms with Crippen molar-refractivity contribution in [1.29, 1.82) is 0 Å². The van der Waals surface area contributed by atoms with Gasteiger partial charge in [-0.2, -0.15) is 0 Å². The van der Waals surface area contributed by atoms with Crippen LogP contribution in [0.2, 0.25) is 0 Å². The second kappa shape index (κ2) is 3.24. The van der Waals surface area contributed by atoms with Crippen LogP contribution >= 0.6 is 15.9 Å². The summed E-state index contributed by atoms with van der Waals surface area (Å²) >= 11 is 3.43. The minimum Gasteiger partial charge on any atom is -0.358 e. The Morgan fingerprint density at radius 1 is 1.36 bits per heavy atom. The molecule has 3 heteroatoms. The molecule has 0 radical (unpaired) electrons. The van der Waals surface area contributed by atoms with Gasteiger partial charge < -0.3 is 4.98 Å². The molecule has 0 saturated heterocycles. The molecular formula is C11H10BrNO. The molecule has 0 fully saturated rings. The van der Waals surface area contributed by atoms with Crippen LogP contribution in [-0.2, 0) is 0 Å². The number of aryl methyl sites for hydroxylation is 2. The number of H-pyrrole nitrogens is 1. The average Bonchev–Trinajstić information content (AvgIpc) is 2.41. The van der Waals surface area contributed by atoms with Crippen molar-refractivity contribution < 1.29 is 4.79 Å².